The Kier molecular flexibility index (Phi) is 5.74. The van der Waals surface area contributed by atoms with Crippen LogP contribution in [0, 0.1) is 0 Å². The number of hydrogen-bond acceptors (Lipinski definition) is 6. The molecule has 0 spiro atoms. The van der Waals surface area contributed by atoms with Crippen molar-refractivity contribution in [3.05, 3.63) is 82.5 Å². The molecule has 0 aliphatic heterocycles. The lowest BCUT2D eigenvalue weighted by Crippen LogP contribution is -2.16. The first-order valence-electron chi connectivity index (χ1n) is 7.61. The summed E-state index contributed by atoms with van der Waals surface area (Å²) in [5.41, 5.74) is 3.12. The lowest BCUT2D eigenvalue weighted by atomic mass is 10.2. The summed E-state index contributed by atoms with van der Waals surface area (Å²) in [7, 11) is 0. The van der Waals surface area contributed by atoms with E-state index in [0.29, 0.717) is 22.0 Å². The van der Waals surface area contributed by atoms with Gasteiger partial charge < -0.3 is 9.15 Å². The third-order valence-corrected chi connectivity index (χ3v) is 4.00. The van der Waals surface area contributed by atoms with E-state index >= 15 is 0 Å². The number of carbonyl (C=O) groups is 2. The maximum Gasteiger partial charge on any atom is 0.336 e. The van der Waals surface area contributed by atoms with Gasteiger partial charge in [0.05, 0.1) is 17.4 Å². The summed E-state index contributed by atoms with van der Waals surface area (Å²) in [4.78, 5) is 24.2. The molecule has 1 aromatic carbocycles. The molecule has 26 heavy (non-hydrogen) atoms. The van der Waals surface area contributed by atoms with Crippen LogP contribution in [0.1, 0.15) is 21.0 Å². The van der Waals surface area contributed by atoms with Crippen molar-refractivity contribution in [2.75, 3.05) is 0 Å². The number of thiophene rings is 1. The quantitative estimate of drug-likeness (QED) is 0.237. The molecule has 0 aliphatic rings. The van der Waals surface area contributed by atoms with Crippen LogP contribution in [0.3, 0.4) is 0 Å². The van der Waals surface area contributed by atoms with Crippen molar-refractivity contribution >= 4 is 35.5 Å². The molecule has 6 nitrogen and oxygen atoms in total. The molecule has 0 aliphatic carbocycles. The number of hydrazone groups is 1. The minimum Gasteiger partial charge on any atom is -0.465 e. The highest BCUT2D eigenvalue weighted by atomic mass is 32.1. The molecule has 0 saturated heterocycles. The van der Waals surface area contributed by atoms with Crippen LogP contribution in [0.4, 0.5) is 0 Å². The summed E-state index contributed by atoms with van der Waals surface area (Å²) >= 11 is 1.33. The third-order valence-electron chi connectivity index (χ3n) is 3.13. The van der Waals surface area contributed by atoms with Crippen LogP contribution in [-0.2, 0) is 4.79 Å². The summed E-state index contributed by atoms with van der Waals surface area (Å²) in [5, 5.41) is 5.72. The third kappa shape index (κ3) is 5.02. The second kappa shape index (κ2) is 8.59. The van der Waals surface area contributed by atoms with Crippen molar-refractivity contribution in [1.29, 1.82) is 0 Å². The van der Waals surface area contributed by atoms with Crippen molar-refractivity contribution in [2.45, 2.75) is 0 Å². The van der Waals surface area contributed by atoms with Gasteiger partial charge in [0.25, 0.3) is 5.91 Å². The molecule has 3 rings (SSSR count). The van der Waals surface area contributed by atoms with Gasteiger partial charge in [0.2, 0.25) is 0 Å². The molecule has 0 atom stereocenters. The van der Waals surface area contributed by atoms with Crippen LogP contribution in [0.5, 0.6) is 5.75 Å². The number of amides is 1. The van der Waals surface area contributed by atoms with Crippen molar-refractivity contribution in [3.63, 3.8) is 0 Å². The molecule has 2 heterocycles. The largest absolute Gasteiger partial charge is 0.465 e. The van der Waals surface area contributed by atoms with Gasteiger partial charge in [-0.15, -0.1) is 11.3 Å². The van der Waals surface area contributed by atoms with Crippen molar-refractivity contribution < 1.29 is 18.7 Å². The first-order chi connectivity index (χ1) is 12.7. The van der Waals surface area contributed by atoms with Crippen LogP contribution in [-0.4, -0.2) is 18.1 Å². The first kappa shape index (κ1) is 17.4. The van der Waals surface area contributed by atoms with Gasteiger partial charge in [0.15, 0.2) is 0 Å². The highest BCUT2D eigenvalue weighted by molar-refractivity contribution is 7.12. The van der Waals surface area contributed by atoms with E-state index in [1.54, 1.807) is 48.5 Å². The molecule has 1 N–H and O–H groups in total. The molecule has 0 unspecified atom stereocenters. The summed E-state index contributed by atoms with van der Waals surface area (Å²) in [6.07, 6.45) is 5.79. The van der Waals surface area contributed by atoms with Gasteiger partial charge >= 0.3 is 5.97 Å². The zero-order valence-electron chi connectivity index (χ0n) is 13.5. The average Bonchev–Trinajstić information content (AvgIpc) is 3.34. The molecular formula is C19H14N2O4S. The fraction of sp³-hybridized carbons (Fsp3) is 0. The number of nitrogens with zero attached hydrogens (tertiary/aromatic N) is 1. The summed E-state index contributed by atoms with van der Waals surface area (Å²) in [5.74, 6) is 0.125. The minimum absolute atomic E-state index is 0.276. The fourth-order valence-corrected chi connectivity index (χ4v) is 2.59. The molecule has 7 heteroatoms. The Bertz CT molecular complexity index is 928. The van der Waals surface area contributed by atoms with Crippen LogP contribution >= 0.6 is 11.3 Å². The van der Waals surface area contributed by atoms with Gasteiger partial charge in [-0.05, 0) is 47.4 Å². The Morgan fingerprint density at radius 1 is 1.15 bits per heavy atom. The van der Waals surface area contributed by atoms with Gasteiger partial charge in [-0.1, -0.05) is 18.2 Å². The fourth-order valence-electron chi connectivity index (χ4n) is 1.97. The molecule has 130 valence electrons. The second-order valence-corrected chi connectivity index (χ2v) is 5.97. The zero-order chi connectivity index (χ0) is 18.2. The number of rotatable bonds is 6. The summed E-state index contributed by atoms with van der Waals surface area (Å²) in [6.45, 7) is 0. The van der Waals surface area contributed by atoms with E-state index in [4.69, 9.17) is 9.15 Å². The van der Waals surface area contributed by atoms with E-state index < -0.39 is 5.97 Å². The highest BCUT2D eigenvalue weighted by Crippen LogP contribution is 2.13. The SMILES string of the molecule is O=C(/C=C/c1ccco1)Oc1cccc(/C=N\NC(=O)c2cccs2)c1. The Labute approximate surface area is 153 Å². The predicted molar refractivity (Wildman–Crippen MR) is 99.2 cm³/mol. The number of furan rings is 1. The average molecular weight is 366 g/mol. The molecular weight excluding hydrogens is 352 g/mol. The van der Waals surface area contributed by atoms with Crippen molar-refractivity contribution in [3.8, 4) is 5.75 Å². The number of hydrogen-bond donors (Lipinski definition) is 1. The van der Waals surface area contributed by atoms with Gasteiger partial charge in [0.1, 0.15) is 11.5 Å². The second-order valence-electron chi connectivity index (χ2n) is 5.02. The number of nitrogens with one attached hydrogen (secondary N) is 1. The molecule has 0 fully saturated rings. The van der Waals surface area contributed by atoms with E-state index in [2.05, 4.69) is 10.5 Å². The van der Waals surface area contributed by atoms with E-state index in [1.165, 1.54) is 36.0 Å². The van der Waals surface area contributed by atoms with Gasteiger partial charge in [0, 0.05) is 6.08 Å². The Morgan fingerprint density at radius 2 is 2.08 bits per heavy atom. The number of carbonyl (C=O) groups excluding carboxylic acids is 2. The monoisotopic (exact) mass is 366 g/mol. The minimum atomic E-state index is -0.526. The molecule has 0 bridgehead atoms. The van der Waals surface area contributed by atoms with E-state index in [1.807, 2.05) is 5.38 Å². The molecule has 3 aromatic rings. The smallest absolute Gasteiger partial charge is 0.336 e. The van der Waals surface area contributed by atoms with Gasteiger partial charge in [-0.3, -0.25) is 4.79 Å². The number of esters is 1. The molecule has 2 aromatic heterocycles. The highest BCUT2D eigenvalue weighted by Gasteiger charge is 2.04. The lowest BCUT2D eigenvalue weighted by Gasteiger charge is -2.02. The van der Waals surface area contributed by atoms with Crippen LogP contribution in [0.25, 0.3) is 6.08 Å². The molecule has 0 radical (unpaired) electrons. The number of ether oxygens (including phenoxy) is 1. The van der Waals surface area contributed by atoms with Gasteiger partial charge in [-0.25, -0.2) is 10.2 Å². The number of benzene rings is 1. The van der Waals surface area contributed by atoms with E-state index in [-0.39, 0.29) is 5.91 Å². The van der Waals surface area contributed by atoms with Crippen LogP contribution in [0.2, 0.25) is 0 Å². The predicted octanol–water partition coefficient (Wildman–Crippen LogP) is 3.72. The Balaban J connectivity index is 1.56. The topological polar surface area (TPSA) is 80.9 Å². The van der Waals surface area contributed by atoms with Crippen LogP contribution < -0.4 is 10.2 Å². The molecule has 0 saturated carbocycles. The Morgan fingerprint density at radius 3 is 2.85 bits per heavy atom. The van der Waals surface area contributed by atoms with Crippen molar-refractivity contribution in [1.82, 2.24) is 5.43 Å². The van der Waals surface area contributed by atoms with E-state index in [9.17, 15) is 9.59 Å². The van der Waals surface area contributed by atoms with Crippen LogP contribution in [0.15, 0.2) is 75.8 Å². The maximum atomic E-state index is 11.8. The summed E-state index contributed by atoms with van der Waals surface area (Å²) in [6, 6.07) is 13.8. The van der Waals surface area contributed by atoms with E-state index in [0.717, 1.165) is 0 Å². The zero-order valence-corrected chi connectivity index (χ0v) is 14.3. The lowest BCUT2D eigenvalue weighted by molar-refractivity contribution is -0.128. The maximum absolute atomic E-state index is 11.8. The van der Waals surface area contributed by atoms with Gasteiger partial charge in [-0.2, -0.15) is 5.10 Å². The normalized spacial score (nSPS) is 11.1. The van der Waals surface area contributed by atoms with Crippen molar-refractivity contribution in [2.24, 2.45) is 5.10 Å². The summed E-state index contributed by atoms with van der Waals surface area (Å²) < 4.78 is 10.3. The first-order valence-corrected chi connectivity index (χ1v) is 8.49. The Hall–Kier alpha value is -3.45. The standard InChI is InChI=1S/C19H14N2O4S/c22-18(9-8-15-6-2-10-24-15)25-16-5-1-4-14(12-16)13-20-21-19(23)17-7-3-11-26-17/h1-13H,(H,21,23)/b9-8+,20-13-. The molecule has 1 amide bonds.